The highest BCUT2D eigenvalue weighted by molar-refractivity contribution is 5.42. The van der Waals surface area contributed by atoms with Crippen LogP contribution in [0.5, 0.6) is 5.75 Å². The summed E-state index contributed by atoms with van der Waals surface area (Å²) >= 11 is 0. The number of nitrogens with one attached hydrogen (secondary N) is 1. The topological polar surface area (TPSA) is 64.4 Å². The number of methoxy groups -OCH3 is 1. The number of nitrogens with zero attached hydrogens (tertiary/aromatic N) is 1. The number of non-ortho nitro benzene ring substituents is 1. The van der Waals surface area contributed by atoms with E-state index in [2.05, 4.69) is 19.2 Å². The number of benzene rings is 1. The van der Waals surface area contributed by atoms with E-state index in [1.807, 2.05) is 6.07 Å². The van der Waals surface area contributed by atoms with Crippen molar-refractivity contribution >= 4 is 5.69 Å². The van der Waals surface area contributed by atoms with Gasteiger partial charge in [-0.15, -0.1) is 0 Å². The summed E-state index contributed by atoms with van der Waals surface area (Å²) in [5.74, 6) is 2.02. The van der Waals surface area contributed by atoms with Crippen molar-refractivity contribution in [2.24, 2.45) is 11.8 Å². The first-order chi connectivity index (χ1) is 9.97. The number of nitro groups is 1. The SMILES string of the molecule is COc1cc(CNC2CC(C)CC(C)C2)cc([N+](=O)[O-])c1. The second-order valence-electron chi connectivity index (χ2n) is 6.29. The largest absolute Gasteiger partial charge is 0.496 e. The van der Waals surface area contributed by atoms with Gasteiger partial charge in [0.15, 0.2) is 0 Å². The van der Waals surface area contributed by atoms with Crippen molar-refractivity contribution in [3.05, 3.63) is 33.9 Å². The van der Waals surface area contributed by atoms with Crippen LogP contribution in [0, 0.1) is 22.0 Å². The number of rotatable bonds is 5. The Bertz CT molecular complexity index is 494. The van der Waals surface area contributed by atoms with E-state index in [1.165, 1.54) is 32.4 Å². The average molecular weight is 292 g/mol. The van der Waals surface area contributed by atoms with Gasteiger partial charge in [0.25, 0.3) is 5.69 Å². The molecule has 0 saturated heterocycles. The van der Waals surface area contributed by atoms with Crippen molar-refractivity contribution in [1.82, 2.24) is 5.32 Å². The summed E-state index contributed by atoms with van der Waals surface area (Å²) < 4.78 is 5.14. The van der Waals surface area contributed by atoms with Crippen LogP contribution in [0.4, 0.5) is 5.69 Å². The molecule has 5 nitrogen and oxygen atoms in total. The molecule has 5 heteroatoms. The van der Waals surface area contributed by atoms with E-state index in [9.17, 15) is 10.1 Å². The van der Waals surface area contributed by atoms with Gasteiger partial charge in [-0.3, -0.25) is 10.1 Å². The molecule has 1 aromatic rings. The number of hydrogen-bond acceptors (Lipinski definition) is 4. The monoisotopic (exact) mass is 292 g/mol. The first-order valence-corrected chi connectivity index (χ1v) is 7.53. The fourth-order valence-corrected chi connectivity index (χ4v) is 3.34. The molecule has 1 aromatic carbocycles. The minimum Gasteiger partial charge on any atom is -0.496 e. The molecule has 0 radical (unpaired) electrons. The summed E-state index contributed by atoms with van der Waals surface area (Å²) in [4.78, 5) is 10.6. The van der Waals surface area contributed by atoms with Crippen LogP contribution < -0.4 is 10.1 Å². The lowest BCUT2D eigenvalue weighted by Crippen LogP contribution is -2.35. The second-order valence-corrected chi connectivity index (χ2v) is 6.29. The third kappa shape index (κ3) is 4.43. The third-order valence-corrected chi connectivity index (χ3v) is 4.17. The lowest BCUT2D eigenvalue weighted by atomic mass is 9.80. The molecule has 0 bridgehead atoms. The van der Waals surface area contributed by atoms with E-state index >= 15 is 0 Å². The molecule has 0 amide bonds. The van der Waals surface area contributed by atoms with Crippen LogP contribution in [0.25, 0.3) is 0 Å². The van der Waals surface area contributed by atoms with E-state index in [4.69, 9.17) is 4.74 Å². The molecular weight excluding hydrogens is 268 g/mol. The van der Waals surface area contributed by atoms with Gasteiger partial charge in [0.1, 0.15) is 5.75 Å². The summed E-state index contributed by atoms with van der Waals surface area (Å²) in [6, 6.07) is 5.42. The molecule has 116 valence electrons. The Hall–Kier alpha value is -1.62. The minimum absolute atomic E-state index is 0.0801. The van der Waals surface area contributed by atoms with Crippen LogP contribution in [-0.2, 0) is 6.54 Å². The van der Waals surface area contributed by atoms with Crippen LogP contribution in [0.15, 0.2) is 18.2 Å². The summed E-state index contributed by atoms with van der Waals surface area (Å²) in [5, 5.41) is 14.5. The van der Waals surface area contributed by atoms with Crippen LogP contribution in [0.3, 0.4) is 0 Å². The molecule has 1 N–H and O–H groups in total. The van der Waals surface area contributed by atoms with E-state index < -0.39 is 0 Å². The molecule has 1 aliphatic carbocycles. The molecule has 0 spiro atoms. The fourth-order valence-electron chi connectivity index (χ4n) is 3.34. The Morgan fingerprint density at radius 2 is 1.90 bits per heavy atom. The van der Waals surface area contributed by atoms with Crippen molar-refractivity contribution < 1.29 is 9.66 Å². The minimum atomic E-state index is -0.378. The molecule has 2 unspecified atom stereocenters. The summed E-state index contributed by atoms with van der Waals surface area (Å²) in [6.45, 7) is 5.23. The van der Waals surface area contributed by atoms with Gasteiger partial charge in [-0.2, -0.15) is 0 Å². The van der Waals surface area contributed by atoms with Crippen molar-refractivity contribution in [3.8, 4) is 5.75 Å². The van der Waals surface area contributed by atoms with E-state index in [1.54, 1.807) is 6.07 Å². The first-order valence-electron chi connectivity index (χ1n) is 7.53. The molecule has 2 atom stereocenters. The van der Waals surface area contributed by atoms with Gasteiger partial charge in [0.2, 0.25) is 0 Å². The molecule has 2 rings (SSSR count). The highest BCUT2D eigenvalue weighted by Crippen LogP contribution is 2.29. The Balaban J connectivity index is 2.02. The van der Waals surface area contributed by atoms with Crippen LogP contribution in [0.1, 0.15) is 38.7 Å². The molecule has 0 aromatic heterocycles. The van der Waals surface area contributed by atoms with E-state index in [0.717, 1.165) is 17.4 Å². The highest BCUT2D eigenvalue weighted by atomic mass is 16.6. The van der Waals surface area contributed by atoms with Crippen molar-refractivity contribution in [2.75, 3.05) is 7.11 Å². The Labute approximate surface area is 125 Å². The lowest BCUT2D eigenvalue weighted by molar-refractivity contribution is -0.385. The van der Waals surface area contributed by atoms with Crippen LogP contribution in [0.2, 0.25) is 0 Å². The normalized spacial score (nSPS) is 25.6. The average Bonchev–Trinajstić information content (AvgIpc) is 2.43. The van der Waals surface area contributed by atoms with Crippen LogP contribution >= 0.6 is 0 Å². The lowest BCUT2D eigenvalue weighted by Gasteiger charge is -2.32. The van der Waals surface area contributed by atoms with Crippen molar-refractivity contribution in [1.29, 1.82) is 0 Å². The van der Waals surface area contributed by atoms with Gasteiger partial charge in [-0.05, 0) is 42.7 Å². The molecule has 21 heavy (non-hydrogen) atoms. The smallest absolute Gasteiger partial charge is 0.273 e. The second kappa shape index (κ2) is 6.89. The summed E-state index contributed by atoms with van der Waals surface area (Å²) in [5.41, 5.74) is 0.975. The fraction of sp³-hybridized carbons (Fsp3) is 0.625. The van der Waals surface area contributed by atoms with Gasteiger partial charge >= 0.3 is 0 Å². The standard InChI is InChI=1S/C16H24N2O3/c1-11-4-12(2)6-14(5-11)17-10-13-7-15(18(19)20)9-16(8-13)21-3/h7-9,11-12,14,17H,4-6,10H2,1-3H3. The zero-order valence-electron chi connectivity index (χ0n) is 13.0. The Morgan fingerprint density at radius 1 is 1.24 bits per heavy atom. The Kier molecular flexibility index (Phi) is 5.17. The number of ether oxygens (including phenoxy) is 1. The van der Waals surface area contributed by atoms with E-state index in [0.29, 0.717) is 18.3 Å². The molecule has 1 aliphatic rings. The molecular formula is C16H24N2O3. The maximum absolute atomic E-state index is 10.9. The maximum atomic E-state index is 10.9. The van der Waals surface area contributed by atoms with Gasteiger partial charge in [0, 0.05) is 18.7 Å². The molecule has 1 fully saturated rings. The zero-order valence-corrected chi connectivity index (χ0v) is 13.0. The third-order valence-electron chi connectivity index (χ3n) is 4.17. The quantitative estimate of drug-likeness (QED) is 0.666. The molecule has 0 heterocycles. The van der Waals surface area contributed by atoms with E-state index in [-0.39, 0.29) is 10.6 Å². The van der Waals surface area contributed by atoms with Gasteiger partial charge in [-0.25, -0.2) is 0 Å². The van der Waals surface area contributed by atoms with Gasteiger partial charge < -0.3 is 10.1 Å². The van der Waals surface area contributed by atoms with Gasteiger partial charge in [-0.1, -0.05) is 13.8 Å². The summed E-state index contributed by atoms with van der Waals surface area (Å²) in [7, 11) is 1.53. The Morgan fingerprint density at radius 3 is 2.48 bits per heavy atom. The first kappa shape index (κ1) is 15.8. The number of nitro benzene ring substituents is 1. The molecule has 1 saturated carbocycles. The van der Waals surface area contributed by atoms with Gasteiger partial charge in [0.05, 0.1) is 18.1 Å². The van der Waals surface area contributed by atoms with Crippen LogP contribution in [-0.4, -0.2) is 18.1 Å². The van der Waals surface area contributed by atoms with Crippen molar-refractivity contribution in [3.63, 3.8) is 0 Å². The number of hydrogen-bond donors (Lipinski definition) is 1. The van der Waals surface area contributed by atoms with Crippen molar-refractivity contribution in [2.45, 2.75) is 45.7 Å². The maximum Gasteiger partial charge on any atom is 0.273 e. The highest BCUT2D eigenvalue weighted by Gasteiger charge is 2.23. The predicted molar refractivity (Wildman–Crippen MR) is 82.5 cm³/mol. The summed E-state index contributed by atoms with van der Waals surface area (Å²) in [6.07, 6.45) is 3.65. The molecule has 0 aliphatic heterocycles. The predicted octanol–water partition coefficient (Wildman–Crippen LogP) is 3.52. The zero-order chi connectivity index (χ0) is 15.4.